The molecule has 0 aliphatic carbocycles. The maximum atomic E-state index is 12.9. The predicted molar refractivity (Wildman–Crippen MR) is 106 cm³/mol. The highest BCUT2D eigenvalue weighted by Crippen LogP contribution is 2.23. The summed E-state index contributed by atoms with van der Waals surface area (Å²) in [6.07, 6.45) is 3.26. The van der Waals surface area contributed by atoms with Gasteiger partial charge in [0.2, 0.25) is 5.91 Å². The van der Waals surface area contributed by atoms with Gasteiger partial charge in [-0.05, 0) is 33.1 Å². The number of hydrogen-bond acceptors (Lipinski definition) is 3. The van der Waals surface area contributed by atoms with Crippen LogP contribution in [0.3, 0.4) is 0 Å². The Hall–Kier alpha value is -0.610. The molecule has 0 N–H and O–H groups in total. The normalized spacial score (nSPS) is 14.0. The van der Waals surface area contributed by atoms with E-state index >= 15 is 0 Å². The van der Waals surface area contributed by atoms with E-state index in [0.717, 1.165) is 12.8 Å². The van der Waals surface area contributed by atoms with E-state index in [9.17, 15) is 4.79 Å². The molecule has 0 heterocycles. The van der Waals surface area contributed by atoms with Gasteiger partial charge < -0.3 is 14.4 Å². The van der Waals surface area contributed by atoms with Crippen molar-refractivity contribution in [3.8, 4) is 0 Å². The number of carbonyl (C=O) groups is 1. The minimum Gasteiger partial charge on any atom is -0.384 e. The molecule has 0 saturated heterocycles. The summed E-state index contributed by atoms with van der Waals surface area (Å²) in [5, 5.41) is 0. The van der Waals surface area contributed by atoms with Crippen LogP contribution in [0.15, 0.2) is 0 Å². The maximum Gasteiger partial charge on any atom is 0.225 e. The topological polar surface area (TPSA) is 38.8 Å². The van der Waals surface area contributed by atoms with Gasteiger partial charge in [-0.2, -0.15) is 0 Å². The van der Waals surface area contributed by atoms with Gasteiger partial charge in [-0.3, -0.25) is 4.79 Å². The molecule has 0 aromatic heterocycles. The van der Waals surface area contributed by atoms with Gasteiger partial charge in [0.15, 0.2) is 0 Å². The van der Waals surface area contributed by atoms with E-state index in [1.54, 1.807) is 7.11 Å². The Morgan fingerprint density at radius 3 is 2.08 bits per heavy atom. The van der Waals surface area contributed by atoms with Crippen molar-refractivity contribution >= 4 is 5.91 Å². The first-order valence-electron chi connectivity index (χ1n) is 9.85. The van der Waals surface area contributed by atoms with Crippen molar-refractivity contribution in [3.63, 3.8) is 0 Å². The molecule has 0 fully saturated rings. The molecule has 0 spiro atoms. The molecular formula is C21H43NO3. The Labute approximate surface area is 156 Å². The van der Waals surface area contributed by atoms with Gasteiger partial charge in [-0.15, -0.1) is 0 Å². The van der Waals surface area contributed by atoms with Crippen molar-refractivity contribution in [2.45, 2.75) is 80.2 Å². The lowest BCUT2D eigenvalue weighted by Crippen LogP contribution is -2.52. The number of hydrogen-bond donors (Lipinski definition) is 0. The highest BCUT2D eigenvalue weighted by molar-refractivity contribution is 5.79. The molecule has 0 aromatic carbocycles. The predicted octanol–water partition coefficient (Wildman–Crippen LogP) is 4.77. The van der Waals surface area contributed by atoms with Gasteiger partial charge >= 0.3 is 0 Å². The SMILES string of the molecule is CCN(C(=O)C(C)CCCC(C)C)C(C)(C)COCC(C)(C)COC. The number of nitrogens with zero attached hydrogens (tertiary/aromatic N) is 1. The van der Waals surface area contributed by atoms with Crippen LogP contribution in [0.1, 0.15) is 74.7 Å². The van der Waals surface area contributed by atoms with Crippen LogP contribution < -0.4 is 0 Å². The molecule has 1 amide bonds. The lowest BCUT2D eigenvalue weighted by atomic mass is 9.95. The molecule has 0 aliphatic heterocycles. The van der Waals surface area contributed by atoms with Crippen LogP contribution in [0.5, 0.6) is 0 Å². The summed E-state index contributed by atoms with van der Waals surface area (Å²) >= 11 is 0. The van der Waals surface area contributed by atoms with E-state index in [4.69, 9.17) is 9.47 Å². The number of methoxy groups -OCH3 is 1. The van der Waals surface area contributed by atoms with Crippen molar-refractivity contribution in [3.05, 3.63) is 0 Å². The Kier molecular flexibility index (Phi) is 10.9. The molecular weight excluding hydrogens is 314 g/mol. The third-order valence-electron chi connectivity index (χ3n) is 4.64. The molecule has 25 heavy (non-hydrogen) atoms. The molecule has 1 atom stereocenters. The van der Waals surface area contributed by atoms with Gasteiger partial charge in [0.25, 0.3) is 0 Å². The van der Waals surface area contributed by atoms with Gasteiger partial charge in [0.05, 0.1) is 25.4 Å². The molecule has 0 rings (SSSR count). The second-order valence-corrected chi connectivity index (χ2v) is 9.21. The third-order valence-corrected chi connectivity index (χ3v) is 4.64. The fraction of sp³-hybridized carbons (Fsp3) is 0.952. The van der Waals surface area contributed by atoms with E-state index in [2.05, 4.69) is 55.4 Å². The summed E-state index contributed by atoms with van der Waals surface area (Å²) in [4.78, 5) is 14.9. The van der Waals surface area contributed by atoms with Gasteiger partial charge in [0, 0.05) is 25.0 Å². The average Bonchev–Trinajstić information content (AvgIpc) is 2.46. The molecule has 4 nitrogen and oxygen atoms in total. The van der Waals surface area contributed by atoms with Crippen molar-refractivity contribution in [2.24, 2.45) is 17.3 Å². The maximum absolute atomic E-state index is 12.9. The van der Waals surface area contributed by atoms with Crippen LogP contribution in [-0.4, -0.2) is 49.8 Å². The fourth-order valence-corrected chi connectivity index (χ4v) is 3.19. The number of carbonyl (C=O) groups excluding carboxylic acids is 1. The Bertz CT molecular complexity index is 377. The number of ether oxygens (including phenoxy) is 2. The molecule has 0 aliphatic rings. The molecule has 0 bridgehead atoms. The summed E-state index contributed by atoms with van der Waals surface area (Å²) in [6.45, 7) is 19.6. The van der Waals surface area contributed by atoms with E-state index in [-0.39, 0.29) is 22.8 Å². The first-order chi connectivity index (χ1) is 11.5. The number of rotatable bonds is 13. The van der Waals surface area contributed by atoms with Gasteiger partial charge in [0.1, 0.15) is 0 Å². The van der Waals surface area contributed by atoms with Crippen molar-refractivity contribution in [1.82, 2.24) is 4.90 Å². The Morgan fingerprint density at radius 2 is 1.60 bits per heavy atom. The minimum absolute atomic E-state index is 0.0178. The number of amides is 1. The first-order valence-corrected chi connectivity index (χ1v) is 9.85. The summed E-state index contributed by atoms with van der Waals surface area (Å²) in [5.74, 6) is 1.02. The van der Waals surface area contributed by atoms with Crippen molar-refractivity contribution in [1.29, 1.82) is 0 Å². The quantitative estimate of drug-likeness (QED) is 0.477. The molecule has 1 unspecified atom stereocenters. The highest BCUT2D eigenvalue weighted by atomic mass is 16.5. The fourth-order valence-electron chi connectivity index (χ4n) is 3.19. The smallest absolute Gasteiger partial charge is 0.225 e. The molecule has 0 radical (unpaired) electrons. The second kappa shape index (κ2) is 11.2. The second-order valence-electron chi connectivity index (χ2n) is 9.21. The molecule has 0 saturated carbocycles. The molecule has 4 heteroatoms. The van der Waals surface area contributed by atoms with Crippen LogP contribution in [0, 0.1) is 17.3 Å². The average molecular weight is 358 g/mol. The highest BCUT2D eigenvalue weighted by Gasteiger charge is 2.33. The summed E-state index contributed by atoms with van der Waals surface area (Å²) in [6, 6.07) is 0. The lowest BCUT2D eigenvalue weighted by molar-refractivity contribution is -0.143. The Balaban J connectivity index is 4.63. The zero-order valence-electron chi connectivity index (χ0n) is 18.3. The van der Waals surface area contributed by atoms with E-state index in [1.165, 1.54) is 6.42 Å². The zero-order valence-corrected chi connectivity index (χ0v) is 18.3. The lowest BCUT2D eigenvalue weighted by Gasteiger charge is -2.40. The minimum atomic E-state index is -0.304. The van der Waals surface area contributed by atoms with E-state index in [1.807, 2.05) is 4.90 Å². The molecule has 150 valence electrons. The summed E-state index contributed by atoms with van der Waals surface area (Å²) in [7, 11) is 1.71. The standard InChI is InChI=1S/C21H43NO3/c1-10-22(19(23)18(4)13-11-12-17(2)3)21(7,8)16-25-15-20(5,6)14-24-9/h17-18H,10-16H2,1-9H3. The monoisotopic (exact) mass is 357 g/mol. The van der Waals surface area contributed by atoms with Crippen LogP contribution >= 0.6 is 0 Å². The van der Waals surface area contributed by atoms with Crippen LogP contribution in [0.2, 0.25) is 0 Å². The number of likely N-dealkylation sites (N-methyl/N-ethyl adjacent to an activating group) is 1. The van der Waals surface area contributed by atoms with E-state index < -0.39 is 0 Å². The zero-order chi connectivity index (χ0) is 19.7. The van der Waals surface area contributed by atoms with Crippen LogP contribution in [-0.2, 0) is 14.3 Å². The summed E-state index contributed by atoms with van der Waals surface area (Å²) < 4.78 is 11.2. The van der Waals surface area contributed by atoms with E-state index in [0.29, 0.717) is 32.3 Å². The van der Waals surface area contributed by atoms with Crippen LogP contribution in [0.4, 0.5) is 0 Å². The molecule has 0 aromatic rings. The van der Waals surface area contributed by atoms with Crippen LogP contribution in [0.25, 0.3) is 0 Å². The van der Waals surface area contributed by atoms with Crippen molar-refractivity contribution < 1.29 is 14.3 Å². The Morgan fingerprint density at radius 1 is 1.00 bits per heavy atom. The first kappa shape index (κ1) is 24.4. The summed E-state index contributed by atoms with van der Waals surface area (Å²) in [5.41, 5.74) is -0.322. The van der Waals surface area contributed by atoms with Gasteiger partial charge in [-0.25, -0.2) is 0 Å². The third kappa shape index (κ3) is 9.60. The van der Waals surface area contributed by atoms with Crippen molar-refractivity contribution in [2.75, 3.05) is 33.5 Å². The van der Waals surface area contributed by atoms with Gasteiger partial charge in [-0.1, -0.05) is 47.5 Å². The largest absolute Gasteiger partial charge is 0.384 e.